The van der Waals surface area contributed by atoms with Gasteiger partial charge in [0.25, 0.3) is 0 Å². The number of esters is 3. The Bertz CT molecular complexity index is 999. The van der Waals surface area contributed by atoms with Crippen molar-refractivity contribution in [2.45, 2.75) is 123 Å². The van der Waals surface area contributed by atoms with Crippen LogP contribution in [0.1, 0.15) is 80.6 Å². The lowest BCUT2D eigenvalue weighted by molar-refractivity contribution is -0.157. The van der Waals surface area contributed by atoms with Crippen LogP contribution in [0.5, 0.6) is 0 Å². The fraction of sp³-hybridized carbons (Fsp3) is 0.719. The van der Waals surface area contributed by atoms with E-state index in [1.54, 1.807) is 19.1 Å². The second-order valence-electron chi connectivity index (χ2n) is 12.0. The molecule has 2 rings (SSSR count). The molecule has 10 unspecified atom stereocenters. The summed E-state index contributed by atoms with van der Waals surface area (Å²) < 4.78 is 22.4. The molecule has 3 N–H and O–H groups in total. The van der Waals surface area contributed by atoms with E-state index in [0.29, 0.717) is 6.42 Å². The Hall–Kier alpha value is -2.53. The van der Waals surface area contributed by atoms with Crippen molar-refractivity contribution in [3.8, 4) is 0 Å². The first kappa shape index (κ1) is 35.7. The SMILES string of the molecule is CCC(OC(=O)CO)C(C)C1OC1CC(C)C=CC=C(C)C1OC(=O)CC(O)CCC(C)(O)C(OC(C)=O)C=CC1C. The predicted molar refractivity (Wildman–Crippen MR) is 156 cm³/mol. The number of hydrogen-bond acceptors (Lipinski definition) is 10. The Kier molecular flexibility index (Phi) is 13.9. The predicted octanol–water partition coefficient (Wildman–Crippen LogP) is 3.56. The highest BCUT2D eigenvalue weighted by atomic mass is 16.6. The number of carbonyl (C=O) groups excluding carboxylic acids is 3. The highest BCUT2D eigenvalue weighted by molar-refractivity contribution is 5.71. The zero-order chi connectivity index (χ0) is 31.6. The topological polar surface area (TPSA) is 152 Å². The van der Waals surface area contributed by atoms with Crippen molar-refractivity contribution in [1.82, 2.24) is 0 Å². The maximum absolute atomic E-state index is 12.6. The van der Waals surface area contributed by atoms with E-state index in [-0.39, 0.29) is 55.3 Å². The molecule has 2 aliphatic rings. The molecule has 1 saturated heterocycles. The van der Waals surface area contributed by atoms with Crippen LogP contribution >= 0.6 is 0 Å². The van der Waals surface area contributed by atoms with Gasteiger partial charge in [-0.05, 0) is 57.1 Å². The third-order valence-electron chi connectivity index (χ3n) is 8.01. The summed E-state index contributed by atoms with van der Waals surface area (Å²) in [6.45, 7) is 11.9. The maximum atomic E-state index is 12.6. The van der Waals surface area contributed by atoms with Gasteiger partial charge in [0.05, 0.1) is 24.7 Å². The van der Waals surface area contributed by atoms with Crippen LogP contribution in [0.2, 0.25) is 0 Å². The molecular formula is C32H50O10. The molecule has 0 saturated carbocycles. The van der Waals surface area contributed by atoms with Crippen molar-refractivity contribution in [2.75, 3.05) is 6.61 Å². The van der Waals surface area contributed by atoms with E-state index in [0.717, 1.165) is 12.0 Å². The van der Waals surface area contributed by atoms with E-state index in [1.165, 1.54) is 6.92 Å². The van der Waals surface area contributed by atoms with Crippen molar-refractivity contribution < 1.29 is 48.7 Å². The van der Waals surface area contributed by atoms with Gasteiger partial charge in [0.15, 0.2) is 0 Å². The van der Waals surface area contributed by atoms with Crippen molar-refractivity contribution >= 4 is 17.9 Å². The molecule has 0 aromatic carbocycles. The molecule has 0 aromatic rings. The maximum Gasteiger partial charge on any atom is 0.332 e. The summed E-state index contributed by atoms with van der Waals surface area (Å²) in [5.74, 6) is -1.80. The van der Waals surface area contributed by atoms with Crippen LogP contribution in [0.4, 0.5) is 0 Å². The van der Waals surface area contributed by atoms with Gasteiger partial charge < -0.3 is 34.3 Å². The first-order valence-electron chi connectivity index (χ1n) is 14.9. The summed E-state index contributed by atoms with van der Waals surface area (Å²) in [5.41, 5.74) is -0.633. The highest BCUT2D eigenvalue weighted by Crippen LogP contribution is 2.37. The molecule has 0 aliphatic carbocycles. The lowest BCUT2D eigenvalue weighted by atomic mass is 9.88. The molecule has 0 aromatic heterocycles. The quantitative estimate of drug-likeness (QED) is 0.106. The number of rotatable bonds is 11. The Morgan fingerprint density at radius 2 is 1.93 bits per heavy atom. The lowest BCUT2D eigenvalue weighted by Gasteiger charge is -2.32. The largest absolute Gasteiger partial charge is 0.460 e. The smallest absolute Gasteiger partial charge is 0.332 e. The number of epoxide rings is 1. The monoisotopic (exact) mass is 594 g/mol. The Morgan fingerprint density at radius 3 is 2.55 bits per heavy atom. The van der Waals surface area contributed by atoms with Gasteiger partial charge in [-0.3, -0.25) is 9.59 Å². The van der Waals surface area contributed by atoms with Gasteiger partial charge in [-0.1, -0.05) is 52.0 Å². The normalized spacial score (nSPS) is 33.1. The zero-order valence-corrected chi connectivity index (χ0v) is 26.0. The third-order valence-corrected chi connectivity index (χ3v) is 8.01. The van der Waals surface area contributed by atoms with Crippen LogP contribution in [-0.4, -0.2) is 82.1 Å². The lowest BCUT2D eigenvalue weighted by Crippen LogP contribution is -2.42. The Labute approximate surface area is 249 Å². The van der Waals surface area contributed by atoms with E-state index in [4.69, 9.17) is 24.1 Å². The van der Waals surface area contributed by atoms with Crippen LogP contribution in [0.15, 0.2) is 36.0 Å². The number of aliphatic hydroxyl groups excluding tert-OH is 2. The van der Waals surface area contributed by atoms with Gasteiger partial charge in [-0.2, -0.15) is 0 Å². The number of carbonyl (C=O) groups is 3. The van der Waals surface area contributed by atoms with Crippen LogP contribution in [0.25, 0.3) is 0 Å². The Morgan fingerprint density at radius 1 is 1.24 bits per heavy atom. The second-order valence-corrected chi connectivity index (χ2v) is 12.0. The summed E-state index contributed by atoms with van der Waals surface area (Å²) in [4.78, 5) is 35.8. The fourth-order valence-corrected chi connectivity index (χ4v) is 5.36. The van der Waals surface area contributed by atoms with E-state index in [9.17, 15) is 24.6 Å². The standard InChI is InChI=1S/C32H50O10/c1-8-25(40-29(37)18-33)22(5)31-26(41-31)16-19(2)10-9-11-20(3)30-21(4)12-13-27(39-23(6)34)32(7,38)15-14-24(35)17-28(36)42-30/h9-13,19,21-22,24-27,30-31,33,35,38H,8,14-18H2,1-7H3. The number of cyclic esters (lactones) is 1. The summed E-state index contributed by atoms with van der Waals surface area (Å²) in [7, 11) is 0. The van der Waals surface area contributed by atoms with Crippen LogP contribution < -0.4 is 0 Å². The van der Waals surface area contributed by atoms with E-state index < -0.39 is 48.4 Å². The first-order valence-corrected chi connectivity index (χ1v) is 14.9. The average molecular weight is 595 g/mol. The minimum absolute atomic E-state index is 0.00946. The number of ether oxygens (including phenoxy) is 4. The van der Waals surface area contributed by atoms with Gasteiger partial charge in [0.1, 0.15) is 30.5 Å². The minimum Gasteiger partial charge on any atom is -0.460 e. The van der Waals surface area contributed by atoms with Crippen molar-refractivity contribution in [1.29, 1.82) is 0 Å². The molecule has 10 heteroatoms. The molecule has 10 atom stereocenters. The van der Waals surface area contributed by atoms with Gasteiger partial charge in [0, 0.05) is 18.8 Å². The van der Waals surface area contributed by atoms with E-state index in [2.05, 4.69) is 6.92 Å². The summed E-state index contributed by atoms with van der Waals surface area (Å²) >= 11 is 0. The Balaban J connectivity index is 2.09. The van der Waals surface area contributed by atoms with Crippen molar-refractivity contribution in [3.05, 3.63) is 36.0 Å². The molecule has 238 valence electrons. The summed E-state index contributed by atoms with van der Waals surface area (Å²) in [6, 6.07) is 0. The first-order chi connectivity index (χ1) is 19.7. The second kappa shape index (κ2) is 16.4. The van der Waals surface area contributed by atoms with Crippen molar-refractivity contribution in [2.24, 2.45) is 17.8 Å². The van der Waals surface area contributed by atoms with Gasteiger partial charge in [-0.25, -0.2) is 4.79 Å². The fourth-order valence-electron chi connectivity index (χ4n) is 5.36. The number of hydrogen-bond donors (Lipinski definition) is 3. The summed E-state index contributed by atoms with van der Waals surface area (Å²) in [6.07, 6.45) is 7.91. The molecular weight excluding hydrogens is 544 g/mol. The molecule has 0 amide bonds. The number of allylic oxidation sites excluding steroid dienone is 3. The van der Waals surface area contributed by atoms with Crippen LogP contribution in [-0.2, 0) is 33.3 Å². The van der Waals surface area contributed by atoms with E-state index >= 15 is 0 Å². The molecule has 0 spiro atoms. The zero-order valence-electron chi connectivity index (χ0n) is 26.0. The highest BCUT2D eigenvalue weighted by Gasteiger charge is 2.46. The third kappa shape index (κ3) is 11.3. The summed E-state index contributed by atoms with van der Waals surface area (Å²) in [5, 5.41) is 30.3. The van der Waals surface area contributed by atoms with E-state index in [1.807, 2.05) is 45.9 Å². The number of aliphatic hydroxyl groups is 3. The van der Waals surface area contributed by atoms with Crippen LogP contribution in [0, 0.1) is 17.8 Å². The molecule has 2 aliphatic heterocycles. The molecule has 1 fully saturated rings. The molecule has 0 radical (unpaired) electrons. The molecule has 10 nitrogen and oxygen atoms in total. The minimum atomic E-state index is -1.42. The molecule has 2 heterocycles. The van der Waals surface area contributed by atoms with Gasteiger partial charge in [-0.15, -0.1) is 0 Å². The van der Waals surface area contributed by atoms with Gasteiger partial charge >= 0.3 is 17.9 Å². The molecule has 42 heavy (non-hydrogen) atoms. The molecule has 0 bridgehead atoms. The van der Waals surface area contributed by atoms with Gasteiger partial charge in [0.2, 0.25) is 0 Å². The average Bonchev–Trinajstić information content (AvgIpc) is 3.68. The van der Waals surface area contributed by atoms with Crippen LogP contribution in [0.3, 0.4) is 0 Å². The van der Waals surface area contributed by atoms with Crippen molar-refractivity contribution in [3.63, 3.8) is 0 Å².